The van der Waals surface area contributed by atoms with Crippen LogP contribution in [-0.2, 0) is 0 Å². The summed E-state index contributed by atoms with van der Waals surface area (Å²) < 4.78 is 15.2. The number of benzene rings is 7. The Morgan fingerprint density at radius 2 is 1.04 bits per heavy atom. The van der Waals surface area contributed by atoms with Crippen molar-refractivity contribution in [1.82, 2.24) is 4.57 Å². The predicted molar refractivity (Wildman–Crippen MR) is 186 cm³/mol. The minimum Gasteiger partial charge on any atom is -0.456 e. The summed E-state index contributed by atoms with van der Waals surface area (Å²) in [5.74, 6) is 0. The first-order valence-electron chi connectivity index (χ1n) is 15.3. The average molecular weight is 576 g/mol. The first-order valence-corrected chi connectivity index (χ1v) is 15.3. The van der Waals surface area contributed by atoms with E-state index >= 15 is 0 Å². The third-order valence-corrected chi connectivity index (χ3v) is 9.21. The molecule has 0 saturated carbocycles. The number of furan rings is 2. The SMILES string of the molecule is c1ccc(-c2ccc(-n3c4ccccc4c4ccc5c6ccccc6oc5c43)cc2-c2ccc3oc4ccccc4c3c2)cc1. The predicted octanol–water partition coefficient (Wildman–Crippen LogP) is 11.9. The fourth-order valence-electron chi connectivity index (χ4n) is 7.17. The van der Waals surface area contributed by atoms with Crippen LogP contribution >= 0.6 is 0 Å². The van der Waals surface area contributed by atoms with E-state index in [1.165, 1.54) is 21.9 Å². The van der Waals surface area contributed by atoms with Crippen LogP contribution in [0.5, 0.6) is 0 Å². The lowest BCUT2D eigenvalue weighted by atomic mass is 9.93. The lowest BCUT2D eigenvalue weighted by molar-refractivity contribution is 0.669. The fraction of sp³-hybridized carbons (Fsp3) is 0. The smallest absolute Gasteiger partial charge is 0.160 e. The minimum atomic E-state index is 0.895. The van der Waals surface area contributed by atoms with Gasteiger partial charge in [-0.15, -0.1) is 0 Å². The maximum Gasteiger partial charge on any atom is 0.160 e. The van der Waals surface area contributed by atoms with Crippen LogP contribution in [0.15, 0.2) is 160 Å². The summed E-state index contributed by atoms with van der Waals surface area (Å²) in [7, 11) is 0. The number of hydrogen-bond acceptors (Lipinski definition) is 2. The summed E-state index contributed by atoms with van der Waals surface area (Å²) in [6.07, 6.45) is 0. The number of para-hydroxylation sites is 3. The maximum atomic E-state index is 6.61. The molecule has 3 nitrogen and oxygen atoms in total. The molecule has 0 radical (unpaired) electrons. The molecule has 0 aliphatic heterocycles. The second-order valence-corrected chi connectivity index (χ2v) is 11.7. The van der Waals surface area contributed by atoms with Gasteiger partial charge in [-0.2, -0.15) is 0 Å². The molecule has 7 aromatic carbocycles. The summed E-state index contributed by atoms with van der Waals surface area (Å²) in [5, 5.41) is 6.88. The molecular weight excluding hydrogens is 550 g/mol. The van der Waals surface area contributed by atoms with Gasteiger partial charge in [0.1, 0.15) is 16.7 Å². The van der Waals surface area contributed by atoms with Gasteiger partial charge in [-0.05, 0) is 70.8 Å². The first kappa shape index (κ1) is 24.4. The van der Waals surface area contributed by atoms with E-state index in [2.05, 4.69) is 138 Å². The van der Waals surface area contributed by atoms with E-state index in [0.717, 1.165) is 71.7 Å². The van der Waals surface area contributed by atoms with Crippen molar-refractivity contribution >= 4 is 65.7 Å². The molecule has 3 aromatic heterocycles. The zero-order valence-electron chi connectivity index (χ0n) is 24.2. The van der Waals surface area contributed by atoms with Gasteiger partial charge >= 0.3 is 0 Å². The normalized spacial score (nSPS) is 12.0. The Morgan fingerprint density at radius 1 is 0.378 bits per heavy atom. The Morgan fingerprint density at radius 3 is 1.89 bits per heavy atom. The second-order valence-electron chi connectivity index (χ2n) is 11.7. The van der Waals surface area contributed by atoms with Crippen LogP contribution in [0.1, 0.15) is 0 Å². The van der Waals surface area contributed by atoms with Crippen LogP contribution < -0.4 is 0 Å². The molecule has 10 rings (SSSR count). The van der Waals surface area contributed by atoms with Crippen LogP contribution in [0.25, 0.3) is 93.6 Å². The zero-order valence-corrected chi connectivity index (χ0v) is 24.2. The summed E-state index contributed by atoms with van der Waals surface area (Å²) >= 11 is 0. The monoisotopic (exact) mass is 575 g/mol. The standard InChI is InChI=1S/C42H25NO2/c1-2-10-26(11-3-1)29-20-19-28(25-35(29)27-18-23-40-36(24-27)32-14-6-8-16-38(32)44-40)43-37-15-7-4-12-30(37)33-21-22-34-31-13-5-9-17-39(31)45-42(34)41(33)43/h1-25H. The van der Waals surface area contributed by atoms with Gasteiger partial charge in [-0.3, -0.25) is 0 Å². The molecule has 0 spiro atoms. The maximum absolute atomic E-state index is 6.61. The molecule has 0 aliphatic carbocycles. The van der Waals surface area contributed by atoms with Crippen molar-refractivity contribution in [3.8, 4) is 27.9 Å². The number of hydrogen-bond donors (Lipinski definition) is 0. The summed E-state index contributed by atoms with van der Waals surface area (Å²) in [6, 6.07) is 53.7. The van der Waals surface area contributed by atoms with E-state index in [1.807, 2.05) is 18.2 Å². The second kappa shape index (κ2) is 9.22. The van der Waals surface area contributed by atoms with Crippen molar-refractivity contribution in [2.45, 2.75) is 0 Å². The van der Waals surface area contributed by atoms with Crippen molar-refractivity contribution < 1.29 is 8.83 Å². The Kier molecular flexibility index (Phi) is 5.00. The number of aromatic nitrogens is 1. The van der Waals surface area contributed by atoms with Crippen molar-refractivity contribution in [2.24, 2.45) is 0 Å². The van der Waals surface area contributed by atoms with Crippen molar-refractivity contribution in [3.05, 3.63) is 152 Å². The van der Waals surface area contributed by atoms with E-state index in [9.17, 15) is 0 Å². The molecule has 210 valence electrons. The molecule has 0 amide bonds. The fourth-order valence-corrected chi connectivity index (χ4v) is 7.17. The third kappa shape index (κ3) is 3.52. The summed E-state index contributed by atoms with van der Waals surface area (Å²) in [4.78, 5) is 0. The molecule has 0 fully saturated rings. The van der Waals surface area contributed by atoms with Gasteiger partial charge in [0.15, 0.2) is 5.58 Å². The quantitative estimate of drug-likeness (QED) is 0.210. The molecule has 0 aliphatic rings. The van der Waals surface area contributed by atoms with E-state index in [-0.39, 0.29) is 0 Å². The van der Waals surface area contributed by atoms with Crippen molar-refractivity contribution in [3.63, 3.8) is 0 Å². The van der Waals surface area contributed by atoms with Crippen LogP contribution in [0, 0.1) is 0 Å². The van der Waals surface area contributed by atoms with Gasteiger partial charge in [0.25, 0.3) is 0 Å². The van der Waals surface area contributed by atoms with E-state index in [1.54, 1.807) is 0 Å². The highest BCUT2D eigenvalue weighted by atomic mass is 16.3. The Hall–Kier alpha value is -6.06. The first-order chi connectivity index (χ1) is 22.3. The Balaban J connectivity index is 1.30. The largest absolute Gasteiger partial charge is 0.456 e. The van der Waals surface area contributed by atoms with Gasteiger partial charge in [-0.1, -0.05) is 103 Å². The summed E-state index contributed by atoms with van der Waals surface area (Å²) in [6.45, 7) is 0. The van der Waals surface area contributed by atoms with Gasteiger partial charge < -0.3 is 13.4 Å². The molecule has 0 atom stereocenters. The molecule has 3 heterocycles. The number of fused-ring (bicyclic) bond motifs is 10. The highest BCUT2D eigenvalue weighted by molar-refractivity contribution is 6.21. The third-order valence-electron chi connectivity index (χ3n) is 9.21. The summed E-state index contributed by atoms with van der Waals surface area (Å²) in [5.41, 5.74) is 11.6. The van der Waals surface area contributed by atoms with Crippen LogP contribution in [0.2, 0.25) is 0 Å². The molecule has 0 N–H and O–H groups in total. The Labute approximate surface area is 258 Å². The Bertz CT molecular complexity index is 2760. The molecule has 45 heavy (non-hydrogen) atoms. The van der Waals surface area contributed by atoms with Crippen LogP contribution in [0.4, 0.5) is 0 Å². The molecule has 3 heteroatoms. The number of nitrogens with zero attached hydrogens (tertiary/aromatic N) is 1. The van der Waals surface area contributed by atoms with Gasteiger partial charge in [0, 0.05) is 38.0 Å². The average Bonchev–Trinajstić information content (AvgIpc) is 3.78. The molecule has 10 aromatic rings. The van der Waals surface area contributed by atoms with E-state index in [0.29, 0.717) is 0 Å². The molecule has 0 unspecified atom stereocenters. The molecular formula is C42H25NO2. The molecule has 0 saturated heterocycles. The van der Waals surface area contributed by atoms with Crippen molar-refractivity contribution in [2.75, 3.05) is 0 Å². The lowest BCUT2D eigenvalue weighted by Crippen LogP contribution is -1.96. The van der Waals surface area contributed by atoms with Crippen LogP contribution in [0.3, 0.4) is 0 Å². The highest BCUT2D eigenvalue weighted by Gasteiger charge is 2.20. The van der Waals surface area contributed by atoms with E-state index in [4.69, 9.17) is 8.83 Å². The zero-order chi connectivity index (χ0) is 29.5. The van der Waals surface area contributed by atoms with Gasteiger partial charge in [0.2, 0.25) is 0 Å². The topological polar surface area (TPSA) is 31.2 Å². The molecule has 0 bridgehead atoms. The lowest BCUT2D eigenvalue weighted by Gasteiger charge is -2.15. The van der Waals surface area contributed by atoms with Crippen molar-refractivity contribution in [1.29, 1.82) is 0 Å². The van der Waals surface area contributed by atoms with Crippen LogP contribution in [-0.4, -0.2) is 4.57 Å². The van der Waals surface area contributed by atoms with Gasteiger partial charge in [0.05, 0.1) is 11.0 Å². The van der Waals surface area contributed by atoms with Gasteiger partial charge in [-0.25, -0.2) is 0 Å². The minimum absolute atomic E-state index is 0.895. The van der Waals surface area contributed by atoms with E-state index < -0.39 is 0 Å². The highest BCUT2D eigenvalue weighted by Crippen LogP contribution is 2.42. The number of rotatable bonds is 3.